The minimum atomic E-state index is -3.06. The minimum absolute atomic E-state index is 0.0441. The predicted molar refractivity (Wildman–Crippen MR) is 80.6 cm³/mol. The van der Waals surface area contributed by atoms with Crippen molar-refractivity contribution < 1.29 is 17.9 Å². The predicted octanol–water partition coefficient (Wildman–Crippen LogP) is 1.66. The summed E-state index contributed by atoms with van der Waals surface area (Å²) in [4.78, 5) is 0. The first kappa shape index (κ1) is 17.1. The summed E-state index contributed by atoms with van der Waals surface area (Å²) in [5, 5.41) is 0.390. The Labute approximate surface area is 124 Å². The Morgan fingerprint density at radius 2 is 2.05 bits per heavy atom. The molecular weight excluding hydrogens is 302 g/mol. The van der Waals surface area contributed by atoms with Gasteiger partial charge in [0.05, 0.1) is 17.9 Å². The first-order valence-corrected chi connectivity index (χ1v) is 8.53. The number of ether oxygens (including phenoxy) is 2. The Hall–Kier alpha value is -0.980. The summed E-state index contributed by atoms with van der Waals surface area (Å²) in [6.07, 6.45) is 0.681. The lowest BCUT2D eigenvalue weighted by molar-refractivity contribution is 0.311. The maximum Gasteiger partial charge on any atom is 0.179 e. The number of hydrogen-bond acceptors (Lipinski definition) is 5. The molecule has 0 aliphatic heterocycles. The van der Waals surface area contributed by atoms with Crippen LogP contribution in [-0.2, 0) is 16.3 Å². The maximum atomic E-state index is 11.4. The molecule has 114 valence electrons. The van der Waals surface area contributed by atoms with E-state index in [1.165, 1.54) is 7.11 Å². The molecule has 0 bridgehead atoms. The Bertz CT molecular complexity index is 546. The third kappa shape index (κ3) is 4.85. The highest BCUT2D eigenvalue weighted by Crippen LogP contribution is 2.36. The van der Waals surface area contributed by atoms with Gasteiger partial charge in [-0.05, 0) is 30.7 Å². The van der Waals surface area contributed by atoms with Crippen molar-refractivity contribution in [2.24, 2.45) is 5.73 Å². The first-order chi connectivity index (χ1) is 9.43. The van der Waals surface area contributed by atoms with Gasteiger partial charge in [0, 0.05) is 5.75 Å². The molecule has 0 aliphatic rings. The number of methoxy groups -OCH3 is 1. The van der Waals surface area contributed by atoms with Crippen LogP contribution in [0.25, 0.3) is 0 Å². The molecule has 20 heavy (non-hydrogen) atoms. The highest BCUT2D eigenvalue weighted by molar-refractivity contribution is 7.91. The van der Waals surface area contributed by atoms with Crippen molar-refractivity contribution in [1.29, 1.82) is 0 Å². The van der Waals surface area contributed by atoms with Gasteiger partial charge >= 0.3 is 0 Å². The molecule has 0 spiro atoms. The topological polar surface area (TPSA) is 78.6 Å². The lowest BCUT2D eigenvalue weighted by Gasteiger charge is -2.14. The smallest absolute Gasteiger partial charge is 0.179 e. The molecule has 1 rings (SSSR count). The molecule has 0 aromatic heterocycles. The van der Waals surface area contributed by atoms with Gasteiger partial charge in [0.25, 0.3) is 0 Å². The van der Waals surface area contributed by atoms with Crippen LogP contribution >= 0.6 is 11.6 Å². The third-order valence-corrected chi connectivity index (χ3v) is 4.75. The van der Waals surface area contributed by atoms with E-state index >= 15 is 0 Å². The summed E-state index contributed by atoms with van der Waals surface area (Å²) in [6.45, 7) is 2.15. The van der Waals surface area contributed by atoms with E-state index in [1.54, 1.807) is 19.1 Å². The van der Waals surface area contributed by atoms with Gasteiger partial charge in [0.15, 0.2) is 21.3 Å². The number of nitrogens with two attached hydrogens (primary N) is 1. The fraction of sp³-hybridized carbons (Fsp3) is 0.538. The van der Waals surface area contributed by atoms with Crippen molar-refractivity contribution in [3.63, 3.8) is 0 Å². The molecule has 7 heteroatoms. The fourth-order valence-electron chi connectivity index (χ4n) is 1.64. The summed E-state index contributed by atoms with van der Waals surface area (Å²) >= 11 is 6.14. The maximum absolute atomic E-state index is 11.4. The third-order valence-electron chi connectivity index (χ3n) is 2.80. The Kier molecular flexibility index (Phi) is 6.58. The van der Waals surface area contributed by atoms with Crippen LogP contribution in [0, 0.1) is 0 Å². The zero-order chi connectivity index (χ0) is 15.2. The van der Waals surface area contributed by atoms with Gasteiger partial charge in [-0.3, -0.25) is 0 Å². The first-order valence-electron chi connectivity index (χ1n) is 6.33. The summed E-state index contributed by atoms with van der Waals surface area (Å²) in [5.74, 6) is 0.889. The number of benzene rings is 1. The summed E-state index contributed by atoms with van der Waals surface area (Å²) in [5.41, 5.74) is 6.45. The van der Waals surface area contributed by atoms with Crippen LogP contribution in [0.1, 0.15) is 12.5 Å². The Morgan fingerprint density at radius 3 is 2.60 bits per heavy atom. The normalized spacial score (nSPS) is 11.4. The lowest BCUT2D eigenvalue weighted by Crippen LogP contribution is -2.16. The van der Waals surface area contributed by atoms with Gasteiger partial charge in [-0.15, -0.1) is 0 Å². The van der Waals surface area contributed by atoms with Crippen LogP contribution in [0.4, 0.5) is 0 Å². The van der Waals surface area contributed by atoms with Crippen molar-refractivity contribution in [1.82, 2.24) is 0 Å². The van der Waals surface area contributed by atoms with Crippen molar-refractivity contribution in [3.05, 3.63) is 22.7 Å². The quantitative estimate of drug-likeness (QED) is 0.788. The standard InChI is InChI=1S/C13H20ClNO4S/c1-3-20(16,17)7-6-19-13-11(14)8-10(4-5-15)9-12(13)18-2/h8-9H,3-7,15H2,1-2H3. The van der Waals surface area contributed by atoms with Crippen molar-refractivity contribution in [3.8, 4) is 11.5 Å². The molecule has 0 aliphatic carbocycles. The molecule has 0 saturated carbocycles. The van der Waals surface area contributed by atoms with E-state index in [9.17, 15) is 8.42 Å². The molecule has 0 atom stereocenters. The molecule has 0 heterocycles. The van der Waals surface area contributed by atoms with Crippen molar-refractivity contribution in [2.45, 2.75) is 13.3 Å². The number of hydrogen-bond donors (Lipinski definition) is 1. The van der Waals surface area contributed by atoms with E-state index in [1.807, 2.05) is 0 Å². The average molecular weight is 322 g/mol. The summed E-state index contributed by atoms with van der Waals surface area (Å²) < 4.78 is 33.5. The molecular formula is C13H20ClNO4S. The largest absolute Gasteiger partial charge is 0.493 e. The van der Waals surface area contributed by atoms with Gasteiger partial charge in [0.1, 0.15) is 6.61 Å². The van der Waals surface area contributed by atoms with E-state index in [2.05, 4.69) is 0 Å². The van der Waals surface area contributed by atoms with Gasteiger partial charge in [-0.2, -0.15) is 0 Å². The average Bonchev–Trinajstić information content (AvgIpc) is 2.41. The zero-order valence-electron chi connectivity index (χ0n) is 11.7. The van der Waals surface area contributed by atoms with E-state index in [4.69, 9.17) is 26.8 Å². The SMILES string of the molecule is CCS(=O)(=O)CCOc1c(Cl)cc(CCN)cc1OC. The van der Waals surface area contributed by atoms with Crippen molar-refractivity contribution >= 4 is 21.4 Å². The van der Waals surface area contributed by atoms with Crippen LogP contribution in [0.3, 0.4) is 0 Å². The molecule has 0 amide bonds. The zero-order valence-corrected chi connectivity index (χ0v) is 13.3. The Balaban J connectivity index is 2.84. The van der Waals surface area contributed by atoms with Gasteiger partial charge in [-0.25, -0.2) is 8.42 Å². The highest BCUT2D eigenvalue weighted by Gasteiger charge is 2.14. The summed E-state index contributed by atoms with van der Waals surface area (Å²) in [7, 11) is -1.56. The number of halogens is 1. The van der Waals surface area contributed by atoms with Gasteiger partial charge in [0.2, 0.25) is 0 Å². The van der Waals surface area contributed by atoms with E-state index in [0.717, 1.165) is 5.56 Å². The van der Waals surface area contributed by atoms with Gasteiger partial charge < -0.3 is 15.2 Å². The van der Waals surface area contributed by atoms with Crippen LogP contribution in [0.15, 0.2) is 12.1 Å². The van der Waals surface area contributed by atoms with E-state index < -0.39 is 9.84 Å². The van der Waals surface area contributed by atoms with Crippen LogP contribution < -0.4 is 15.2 Å². The minimum Gasteiger partial charge on any atom is -0.493 e. The number of sulfone groups is 1. The second-order valence-electron chi connectivity index (χ2n) is 4.23. The molecule has 1 aromatic carbocycles. The van der Waals surface area contributed by atoms with E-state index in [-0.39, 0.29) is 18.1 Å². The van der Waals surface area contributed by atoms with Crippen LogP contribution in [-0.4, -0.2) is 40.2 Å². The second-order valence-corrected chi connectivity index (χ2v) is 7.11. The highest BCUT2D eigenvalue weighted by atomic mass is 35.5. The van der Waals surface area contributed by atoms with Gasteiger partial charge in [-0.1, -0.05) is 18.5 Å². The molecule has 5 nitrogen and oxygen atoms in total. The lowest BCUT2D eigenvalue weighted by atomic mass is 10.1. The summed E-state index contributed by atoms with van der Waals surface area (Å²) in [6, 6.07) is 3.54. The molecule has 0 radical (unpaired) electrons. The Morgan fingerprint density at radius 1 is 1.35 bits per heavy atom. The van der Waals surface area contributed by atoms with Crippen molar-refractivity contribution in [2.75, 3.05) is 31.8 Å². The fourth-order valence-corrected chi connectivity index (χ4v) is 2.55. The molecule has 0 unspecified atom stereocenters. The van der Waals surface area contributed by atoms with Crippen LogP contribution in [0.2, 0.25) is 5.02 Å². The number of rotatable bonds is 8. The van der Waals surface area contributed by atoms with E-state index in [0.29, 0.717) is 29.5 Å². The molecule has 0 fully saturated rings. The van der Waals surface area contributed by atoms with Crippen LogP contribution in [0.5, 0.6) is 11.5 Å². The second kappa shape index (κ2) is 7.71. The molecule has 2 N–H and O–H groups in total. The molecule has 1 aromatic rings. The molecule has 0 saturated heterocycles. The monoisotopic (exact) mass is 321 g/mol.